The highest BCUT2D eigenvalue weighted by atomic mass is 35.5. The minimum absolute atomic E-state index is 0.0607. The molecular formula is C11H16ClNO2S. The lowest BCUT2D eigenvalue weighted by Gasteiger charge is -2.25. The summed E-state index contributed by atoms with van der Waals surface area (Å²) in [5, 5.41) is 0.570. The van der Waals surface area contributed by atoms with Crippen LogP contribution in [0.15, 0.2) is 24.3 Å². The maximum atomic E-state index is 11.1. The molecule has 0 aromatic heterocycles. The maximum absolute atomic E-state index is 11.1. The molecule has 16 heavy (non-hydrogen) atoms. The Morgan fingerprint density at radius 2 is 1.94 bits per heavy atom. The van der Waals surface area contributed by atoms with Gasteiger partial charge in [-0.25, -0.2) is 8.42 Å². The number of sulfone groups is 1. The molecule has 3 nitrogen and oxygen atoms in total. The molecule has 0 aliphatic carbocycles. The predicted octanol–water partition coefficient (Wildman–Crippen LogP) is 1.95. The van der Waals surface area contributed by atoms with E-state index in [1.807, 2.05) is 18.2 Å². The summed E-state index contributed by atoms with van der Waals surface area (Å²) in [6.07, 6.45) is 1.56. The van der Waals surface area contributed by atoms with Crippen LogP contribution < -0.4 is 5.73 Å². The standard InChI is InChI=1S/C11H16ClNO2S/c1-11(13,7-8-16(2,14)15)9-5-3-4-6-10(9)12/h3-6H,7-8,13H2,1-2H3. The molecule has 0 spiro atoms. The van der Waals surface area contributed by atoms with E-state index in [0.717, 1.165) is 5.56 Å². The summed E-state index contributed by atoms with van der Waals surface area (Å²) in [5.41, 5.74) is 6.15. The number of hydrogen-bond acceptors (Lipinski definition) is 3. The van der Waals surface area contributed by atoms with Crippen molar-refractivity contribution in [2.45, 2.75) is 18.9 Å². The van der Waals surface area contributed by atoms with Crippen LogP contribution in [-0.4, -0.2) is 20.4 Å². The molecule has 1 unspecified atom stereocenters. The Morgan fingerprint density at radius 3 is 2.44 bits per heavy atom. The Kier molecular flexibility index (Phi) is 3.99. The number of nitrogens with two attached hydrogens (primary N) is 1. The van der Waals surface area contributed by atoms with Gasteiger partial charge in [-0.05, 0) is 25.0 Å². The van der Waals surface area contributed by atoms with Crippen LogP contribution in [0.1, 0.15) is 18.9 Å². The Morgan fingerprint density at radius 1 is 1.38 bits per heavy atom. The van der Waals surface area contributed by atoms with Gasteiger partial charge >= 0.3 is 0 Å². The summed E-state index contributed by atoms with van der Waals surface area (Å²) in [6, 6.07) is 7.23. The third-order valence-corrected chi connectivity index (χ3v) is 3.76. The summed E-state index contributed by atoms with van der Waals surface area (Å²) in [6.45, 7) is 1.79. The monoisotopic (exact) mass is 261 g/mol. The van der Waals surface area contributed by atoms with E-state index < -0.39 is 15.4 Å². The quantitative estimate of drug-likeness (QED) is 0.901. The van der Waals surface area contributed by atoms with Crippen LogP contribution in [0, 0.1) is 0 Å². The third kappa shape index (κ3) is 3.77. The van der Waals surface area contributed by atoms with E-state index in [0.29, 0.717) is 11.4 Å². The smallest absolute Gasteiger partial charge is 0.147 e. The van der Waals surface area contributed by atoms with Gasteiger partial charge in [-0.2, -0.15) is 0 Å². The molecule has 0 amide bonds. The van der Waals surface area contributed by atoms with Crippen molar-refractivity contribution in [1.29, 1.82) is 0 Å². The number of halogens is 1. The highest BCUT2D eigenvalue weighted by molar-refractivity contribution is 7.90. The first-order valence-electron chi connectivity index (χ1n) is 4.94. The molecule has 0 fully saturated rings. The molecule has 0 aliphatic rings. The molecule has 0 saturated heterocycles. The van der Waals surface area contributed by atoms with Crippen LogP contribution >= 0.6 is 11.6 Å². The highest BCUT2D eigenvalue weighted by Gasteiger charge is 2.24. The molecule has 5 heteroatoms. The lowest BCUT2D eigenvalue weighted by molar-refractivity contribution is 0.473. The molecule has 1 aromatic carbocycles. The third-order valence-electron chi connectivity index (χ3n) is 2.48. The van der Waals surface area contributed by atoms with Crippen molar-refractivity contribution in [1.82, 2.24) is 0 Å². The van der Waals surface area contributed by atoms with Gasteiger partial charge in [0.1, 0.15) is 9.84 Å². The molecular weight excluding hydrogens is 246 g/mol. The molecule has 0 aliphatic heterocycles. The molecule has 0 bridgehead atoms. The fourth-order valence-corrected chi connectivity index (χ4v) is 2.60. The van der Waals surface area contributed by atoms with E-state index in [-0.39, 0.29) is 5.75 Å². The Hall–Kier alpha value is -0.580. The van der Waals surface area contributed by atoms with Crippen molar-refractivity contribution in [2.24, 2.45) is 5.73 Å². The van der Waals surface area contributed by atoms with Crippen molar-refractivity contribution in [3.05, 3.63) is 34.9 Å². The van der Waals surface area contributed by atoms with Crippen LogP contribution in [0.2, 0.25) is 5.02 Å². The lowest BCUT2D eigenvalue weighted by atomic mass is 9.90. The maximum Gasteiger partial charge on any atom is 0.147 e. The minimum atomic E-state index is -3.00. The van der Waals surface area contributed by atoms with E-state index in [9.17, 15) is 8.42 Å². The van der Waals surface area contributed by atoms with Gasteiger partial charge in [0, 0.05) is 16.8 Å². The van der Waals surface area contributed by atoms with Crippen molar-refractivity contribution in [3.8, 4) is 0 Å². The van der Waals surface area contributed by atoms with Crippen molar-refractivity contribution in [3.63, 3.8) is 0 Å². The van der Waals surface area contributed by atoms with Gasteiger partial charge in [0.05, 0.1) is 5.75 Å². The largest absolute Gasteiger partial charge is 0.322 e. The normalized spacial score (nSPS) is 15.8. The zero-order valence-corrected chi connectivity index (χ0v) is 11.0. The molecule has 2 N–H and O–H groups in total. The van der Waals surface area contributed by atoms with Crippen LogP contribution in [0.3, 0.4) is 0 Å². The van der Waals surface area contributed by atoms with Crippen molar-refractivity contribution < 1.29 is 8.42 Å². The molecule has 1 atom stereocenters. The molecule has 90 valence electrons. The van der Waals surface area contributed by atoms with Gasteiger partial charge in [-0.1, -0.05) is 29.8 Å². The molecule has 1 rings (SSSR count). The summed E-state index contributed by atoms with van der Waals surface area (Å²) in [5.74, 6) is 0.0607. The fourth-order valence-electron chi connectivity index (χ4n) is 1.46. The Bertz CT molecular complexity index is 469. The van der Waals surface area contributed by atoms with Gasteiger partial charge in [0.2, 0.25) is 0 Å². The van der Waals surface area contributed by atoms with Gasteiger partial charge in [0.15, 0.2) is 0 Å². The van der Waals surface area contributed by atoms with Gasteiger partial charge in [-0.3, -0.25) is 0 Å². The molecule has 0 heterocycles. The van der Waals surface area contributed by atoms with E-state index in [1.54, 1.807) is 13.0 Å². The second kappa shape index (κ2) is 4.73. The van der Waals surface area contributed by atoms with Crippen molar-refractivity contribution in [2.75, 3.05) is 12.0 Å². The average Bonchev–Trinajstić information content (AvgIpc) is 2.14. The van der Waals surface area contributed by atoms with Gasteiger partial charge in [-0.15, -0.1) is 0 Å². The fraction of sp³-hybridized carbons (Fsp3) is 0.455. The van der Waals surface area contributed by atoms with E-state index in [4.69, 9.17) is 17.3 Å². The van der Waals surface area contributed by atoms with E-state index in [2.05, 4.69) is 0 Å². The highest BCUT2D eigenvalue weighted by Crippen LogP contribution is 2.28. The number of hydrogen-bond donors (Lipinski definition) is 1. The topological polar surface area (TPSA) is 60.2 Å². The van der Waals surface area contributed by atoms with Gasteiger partial charge in [0.25, 0.3) is 0 Å². The van der Waals surface area contributed by atoms with E-state index in [1.165, 1.54) is 6.26 Å². The predicted molar refractivity (Wildman–Crippen MR) is 67.3 cm³/mol. The van der Waals surface area contributed by atoms with Crippen LogP contribution in [0.5, 0.6) is 0 Å². The summed E-state index contributed by atoms with van der Waals surface area (Å²) in [7, 11) is -3.00. The first-order valence-corrected chi connectivity index (χ1v) is 7.38. The van der Waals surface area contributed by atoms with Crippen LogP contribution in [-0.2, 0) is 15.4 Å². The van der Waals surface area contributed by atoms with Crippen LogP contribution in [0.25, 0.3) is 0 Å². The number of rotatable bonds is 4. The van der Waals surface area contributed by atoms with E-state index >= 15 is 0 Å². The van der Waals surface area contributed by atoms with Gasteiger partial charge < -0.3 is 5.73 Å². The first-order chi connectivity index (χ1) is 7.22. The summed E-state index contributed by atoms with van der Waals surface area (Å²) < 4.78 is 22.2. The average molecular weight is 262 g/mol. The summed E-state index contributed by atoms with van der Waals surface area (Å²) in [4.78, 5) is 0. The SMILES string of the molecule is CC(N)(CCS(C)(=O)=O)c1ccccc1Cl. The first kappa shape index (κ1) is 13.5. The zero-order valence-electron chi connectivity index (χ0n) is 9.40. The number of benzene rings is 1. The molecule has 0 saturated carbocycles. The molecule has 1 aromatic rings. The zero-order chi connectivity index (χ0) is 12.4. The second-order valence-corrected chi connectivity index (χ2v) is 6.94. The second-order valence-electron chi connectivity index (χ2n) is 4.28. The Labute approximate surface area is 102 Å². The Balaban J connectivity index is 2.90. The van der Waals surface area contributed by atoms with Crippen LogP contribution in [0.4, 0.5) is 0 Å². The lowest BCUT2D eigenvalue weighted by Crippen LogP contribution is -2.35. The van der Waals surface area contributed by atoms with Crippen molar-refractivity contribution >= 4 is 21.4 Å². The molecule has 0 radical (unpaired) electrons. The minimum Gasteiger partial charge on any atom is -0.322 e. The summed E-state index contributed by atoms with van der Waals surface area (Å²) >= 11 is 6.03.